The van der Waals surface area contributed by atoms with E-state index >= 15 is 0 Å². The maximum atomic E-state index is 13.1. The summed E-state index contributed by atoms with van der Waals surface area (Å²) in [6.45, 7) is 5.17. The molecule has 6 heteroatoms. The first-order valence-corrected chi connectivity index (χ1v) is 10.7. The molecule has 1 aromatic carbocycles. The van der Waals surface area contributed by atoms with E-state index in [1.165, 1.54) is 25.0 Å². The third-order valence-corrected chi connectivity index (χ3v) is 6.41. The van der Waals surface area contributed by atoms with Crippen molar-refractivity contribution in [3.63, 3.8) is 0 Å². The van der Waals surface area contributed by atoms with Gasteiger partial charge >= 0.3 is 0 Å². The van der Waals surface area contributed by atoms with Gasteiger partial charge in [0.1, 0.15) is 5.82 Å². The number of carbonyl (C=O) groups excluding carboxylic acids is 2. The number of likely N-dealkylation sites (tertiary alicyclic amines) is 1. The van der Waals surface area contributed by atoms with Crippen LogP contribution in [0.5, 0.6) is 0 Å². The van der Waals surface area contributed by atoms with Gasteiger partial charge in [-0.1, -0.05) is 25.0 Å². The average Bonchev–Trinajstić information content (AvgIpc) is 3.53. The van der Waals surface area contributed by atoms with E-state index in [2.05, 4.69) is 4.90 Å². The standard InChI is InChI=1S/C22H30FN3O2/c23-18-7-5-17(6-8-18)19-15-20(19)22(28)26-13-11-24(12-14-26)16-21(27)25-9-3-1-2-4-10-25/h5-8,19-20H,1-4,9-16H2. The lowest BCUT2D eigenvalue weighted by Crippen LogP contribution is -2.52. The third kappa shape index (κ3) is 4.54. The van der Waals surface area contributed by atoms with Crippen LogP contribution in [0, 0.1) is 11.7 Å². The molecule has 3 aliphatic rings. The summed E-state index contributed by atoms with van der Waals surface area (Å²) >= 11 is 0. The number of halogens is 1. The van der Waals surface area contributed by atoms with Crippen LogP contribution >= 0.6 is 0 Å². The van der Waals surface area contributed by atoms with E-state index in [0.29, 0.717) is 19.6 Å². The zero-order valence-electron chi connectivity index (χ0n) is 16.5. The molecule has 4 rings (SSSR count). The molecular weight excluding hydrogens is 357 g/mol. The minimum atomic E-state index is -0.238. The van der Waals surface area contributed by atoms with Gasteiger partial charge in [0.25, 0.3) is 0 Å². The molecule has 2 aliphatic heterocycles. The number of hydrogen-bond donors (Lipinski definition) is 0. The predicted molar refractivity (Wildman–Crippen MR) is 105 cm³/mol. The van der Waals surface area contributed by atoms with E-state index in [0.717, 1.165) is 51.0 Å². The summed E-state index contributed by atoms with van der Waals surface area (Å²) in [5, 5.41) is 0. The van der Waals surface area contributed by atoms with Gasteiger partial charge in [-0.25, -0.2) is 4.39 Å². The largest absolute Gasteiger partial charge is 0.342 e. The Kier molecular flexibility index (Phi) is 5.95. The van der Waals surface area contributed by atoms with E-state index in [-0.39, 0.29) is 29.5 Å². The van der Waals surface area contributed by atoms with Gasteiger partial charge in [0.05, 0.1) is 6.54 Å². The fraction of sp³-hybridized carbons (Fsp3) is 0.636. The lowest BCUT2D eigenvalue weighted by molar-refractivity contribution is -0.136. The Bertz CT molecular complexity index is 692. The zero-order valence-corrected chi connectivity index (χ0v) is 16.5. The minimum Gasteiger partial charge on any atom is -0.342 e. The Morgan fingerprint density at radius 2 is 1.50 bits per heavy atom. The Hall–Kier alpha value is -1.95. The number of hydrogen-bond acceptors (Lipinski definition) is 3. The molecule has 1 saturated carbocycles. The van der Waals surface area contributed by atoms with E-state index in [1.807, 2.05) is 9.80 Å². The quantitative estimate of drug-likeness (QED) is 0.797. The van der Waals surface area contributed by atoms with Crippen LogP contribution in [-0.4, -0.2) is 72.3 Å². The first-order chi connectivity index (χ1) is 13.6. The maximum absolute atomic E-state index is 13.1. The Balaban J connectivity index is 1.22. The van der Waals surface area contributed by atoms with Crippen LogP contribution < -0.4 is 0 Å². The molecule has 1 aromatic rings. The summed E-state index contributed by atoms with van der Waals surface area (Å²) < 4.78 is 13.1. The minimum absolute atomic E-state index is 0.0377. The molecule has 0 radical (unpaired) electrons. The molecule has 1 aliphatic carbocycles. The molecule has 2 heterocycles. The summed E-state index contributed by atoms with van der Waals surface area (Å²) in [4.78, 5) is 31.5. The van der Waals surface area contributed by atoms with Crippen LogP contribution in [0.3, 0.4) is 0 Å². The highest BCUT2D eigenvalue weighted by atomic mass is 19.1. The molecule has 152 valence electrons. The van der Waals surface area contributed by atoms with Crippen molar-refractivity contribution in [3.8, 4) is 0 Å². The predicted octanol–water partition coefficient (Wildman–Crippen LogP) is 2.48. The van der Waals surface area contributed by atoms with E-state index in [9.17, 15) is 14.0 Å². The molecular formula is C22H30FN3O2. The first-order valence-electron chi connectivity index (χ1n) is 10.7. The first kappa shape index (κ1) is 19.4. The van der Waals surface area contributed by atoms with E-state index in [1.54, 1.807) is 12.1 Å². The van der Waals surface area contributed by atoms with Crippen LogP contribution in [0.15, 0.2) is 24.3 Å². The molecule has 5 nitrogen and oxygen atoms in total. The van der Waals surface area contributed by atoms with Gasteiger partial charge in [-0.3, -0.25) is 14.5 Å². The molecule has 0 spiro atoms. The second kappa shape index (κ2) is 8.60. The van der Waals surface area contributed by atoms with Gasteiger partial charge in [-0.2, -0.15) is 0 Å². The monoisotopic (exact) mass is 387 g/mol. The van der Waals surface area contributed by atoms with Crippen molar-refractivity contribution in [2.45, 2.75) is 38.0 Å². The van der Waals surface area contributed by atoms with Gasteiger partial charge in [0, 0.05) is 45.2 Å². The van der Waals surface area contributed by atoms with Gasteiger partial charge in [0.2, 0.25) is 11.8 Å². The maximum Gasteiger partial charge on any atom is 0.236 e. The van der Waals surface area contributed by atoms with Crippen molar-refractivity contribution >= 4 is 11.8 Å². The number of carbonyl (C=O) groups is 2. The van der Waals surface area contributed by atoms with Gasteiger partial charge in [0.15, 0.2) is 0 Å². The lowest BCUT2D eigenvalue weighted by Gasteiger charge is -2.35. The third-order valence-electron chi connectivity index (χ3n) is 6.41. The summed E-state index contributed by atoms with van der Waals surface area (Å²) in [7, 11) is 0. The fourth-order valence-electron chi connectivity index (χ4n) is 4.52. The van der Waals surface area contributed by atoms with Crippen LogP contribution in [-0.2, 0) is 9.59 Å². The normalized spacial score (nSPS) is 26.0. The molecule has 0 bridgehead atoms. The highest BCUT2D eigenvalue weighted by Gasteiger charge is 2.46. The highest BCUT2D eigenvalue weighted by Crippen LogP contribution is 2.48. The Morgan fingerprint density at radius 1 is 0.857 bits per heavy atom. The van der Waals surface area contributed by atoms with Gasteiger partial charge < -0.3 is 9.80 Å². The molecule has 0 aromatic heterocycles. The van der Waals surface area contributed by atoms with E-state index < -0.39 is 0 Å². The topological polar surface area (TPSA) is 43.9 Å². The second-order valence-corrected chi connectivity index (χ2v) is 8.40. The van der Waals surface area contributed by atoms with Crippen molar-refractivity contribution in [2.24, 2.45) is 5.92 Å². The SMILES string of the molecule is O=C(CN1CCN(C(=O)C2CC2c2ccc(F)cc2)CC1)N1CCCCCC1. The van der Waals surface area contributed by atoms with Gasteiger partial charge in [-0.05, 0) is 42.9 Å². The second-order valence-electron chi connectivity index (χ2n) is 8.40. The van der Waals surface area contributed by atoms with Crippen molar-refractivity contribution < 1.29 is 14.0 Å². The summed E-state index contributed by atoms with van der Waals surface area (Å²) in [5.74, 6) is 0.484. The van der Waals surface area contributed by atoms with Crippen molar-refractivity contribution in [1.82, 2.24) is 14.7 Å². The Morgan fingerprint density at radius 3 is 2.14 bits per heavy atom. The highest BCUT2D eigenvalue weighted by molar-refractivity contribution is 5.83. The van der Waals surface area contributed by atoms with Crippen LogP contribution in [0.1, 0.15) is 43.6 Å². The molecule has 3 fully saturated rings. The van der Waals surface area contributed by atoms with Crippen molar-refractivity contribution in [3.05, 3.63) is 35.6 Å². The van der Waals surface area contributed by atoms with Crippen LogP contribution in [0.25, 0.3) is 0 Å². The molecule has 0 N–H and O–H groups in total. The molecule has 2 unspecified atom stereocenters. The van der Waals surface area contributed by atoms with Crippen LogP contribution in [0.2, 0.25) is 0 Å². The average molecular weight is 387 g/mol. The number of piperazine rings is 1. The molecule has 2 atom stereocenters. The smallest absolute Gasteiger partial charge is 0.236 e. The number of benzene rings is 1. The lowest BCUT2D eigenvalue weighted by atomic mass is 10.1. The number of nitrogens with zero attached hydrogens (tertiary/aromatic N) is 3. The zero-order chi connectivity index (χ0) is 19.5. The van der Waals surface area contributed by atoms with Gasteiger partial charge in [-0.15, -0.1) is 0 Å². The molecule has 2 saturated heterocycles. The Labute approximate surface area is 166 Å². The number of amides is 2. The molecule has 2 amide bonds. The summed E-state index contributed by atoms with van der Waals surface area (Å²) in [6.07, 6.45) is 5.54. The van der Waals surface area contributed by atoms with Crippen LogP contribution in [0.4, 0.5) is 4.39 Å². The molecule has 28 heavy (non-hydrogen) atoms. The summed E-state index contributed by atoms with van der Waals surface area (Å²) in [5.41, 5.74) is 1.06. The van der Waals surface area contributed by atoms with E-state index in [4.69, 9.17) is 0 Å². The van der Waals surface area contributed by atoms with Crippen molar-refractivity contribution in [2.75, 3.05) is 45.8 Å². The number of rotatable bonds is 4. The summed E-state index contributed by atoms with van der Waals surface area (Å²) in [6, 6.07) is 6.52. The van der Waals surface area contributed by atoms with Crippen molar-refractivity contribution in [1.29, 1.82) is 0 Å². The fourth-order valence-corrected chi connectivity index (χ4v) is 4.52.